The summed E-state index contributed by atoms with van der Waals surface area (Å²) in [7, 11) is 3.63. The Morgan fingerprint density at radius 3 is 2.86 bits per heavy atom. The fourth-order valence-corrected chi connectivity index (χ4v) is 3.02. The minimum atomic E-state index is 0.0221. The zero-order valence-electron chi connectivity index (χ0n) is 12.2. The van der Waals surface area contributed by atoms with Crippen LogP contribution in [0.3, 0.4) is 0 Å². The van der Waals surface area contributed by atoms with Gasteiger partial charge in [0.2, 0.25) is 5.91 Å². The lowest BCUT2D eigenvalue weighted by molar-refractivity contribution is -0.130. The van der Waals surface area contributed by atoms with Gasteiger partial charge < -0.3 is 4.90 Å². The van der Waals surface area contributed by atoms with E-state index in [2.05, 4.69) is 11.1 Å². The number of benzene rings is 1. The number of carbonyl (C=O) groups excluding carboxylic acids is 1. The summed E-state index contributed by atoms with van der Waals surface area (Å²) in [4.78, 5) is 20.1. The van der Waals surface area contributed by atoms with Gasteiger partial charge in [0, 0.05) is 13.6 Å². The minimum absolute atomic E-state index is 0.0221. The molecule has 2 rings (SSSR count). The molecule has 6 heteroatoms. The van der Waals surface area contributed by atoms with Crippen molar-refractivity contribution < 1.29 is 4.79 Å². The van der Waals surface area contributed by atoms with Crippen molar-refractivity contribution in [2.45, 2.75) is 13.0 Å². The highest BCUT2D eigenvalue weighted by atomic mass is 32.1. The zero-order chi connectivity index (χ0) is 15.2. The van der Waals surface area contributed by atoms with Crippen molar-refractivity contribution in [2.75, 3.05) is 27.2 Å². The van der Waals surface area contributed by atoms with E-state index in [0.29, 0.717) is 26.1 Å². The van der Waals surface area contributed by atoms with Gasteiger partial charge in [0.05, 0.1) is 35.8 Å². The summed E-state index contributed by atoms with van der Waals surface area (Å²) in [5.74, 6) is 0.0221. The Bertz CT molecular complexity index is 628. The van der Waals surface area contributed by atoms with Crippen LogP contribution in [-0.4, -0.2) is 47.9 Å². The maximum Gasteiger partial charge on any atom is 0.236 e. The quantitative estimate of drug-likeness (QED) is 0.820. The average molecular weight is 302 g/mol. The number of rotatable bonds is 6. The first kappa shape index (κ1) is 15.4. The molecule has 1 heterocycles. The number of hydrogen-bond acceptors (Lipinski definition) is 5. The van der Waals surface area contributed by atoms with E-state index in [9.17, 15) is 4.79 Å². The van der Waals surface area contributed by atoms with Gasteiger partial charge in [-0.05, 0) is 19.2 Å². The maximum absolute atomic E-state index is 12.0. The lowest BCUT2D eigenvalue weighted by Gasteiger charge is -2.20. The van der Waals surface area contributed by atoms with E-state index in [1.807, 2.05) is 36.2 Å². The second-order valence-electron chi connectivity index (χ2n) is 4.97. The van der Waals surface area contributed by atoms with Crippen LogP contribution in [0.4, 0.5) is 0 Å². The molecule has 0 radical (unpaired) electrons. The van der Waals surface area contributed by atoms with Crippen LogP contribution in [0.1, 0.15) is 11.4 Å². The van der Waals surface area contributed by atoms with Crippen LogP contribution < -0.4 is 0 Å². The van der Waals surface area contributed by atoms with E-state index in [1.54, 1.807) is 23.3 Å². The number of carbonyl (C=O) groups is 1. The third kappa shape index (κ3) is 4.25. The van der Waals surface area contributed by atoms with Gasteiger partial charge in [-0.1, -0.05) is 12.1 Å². The van der Waals surface area contributed by atoms with E-state index in [4.69, 9.17) is 5.26 Å². The van der Waals surface area contributed by atoms with Crippen LogP contribution in [-0.2, 0) is 11.3 Å². The van der Waals surface area contributed by atoms with Gasteiger partial charge in [0.15, 0.2) is 0 Å². The number of thiazole rings is 1. The average Bonchev–Trinajstić information content (AvgIpc) is 2.86. The largest absolute Gasteiger partial charge is 0.344 e. The predicted octanol–water partition coefficient (Wildman–Crippen LogP) is 2.10. The fourth-order valence-electron chi connectivity index (χ4n) is 1.97. The van der Waals surface area contributed by atoms with Gasteiger partial charge >= 0.3 is 0 Å². The monoisotopic (exact) mass is 302 g/mol. The summed E-state index contributed by atoms with van der Waals surface area (Å²) in [5, 5.41) is 9.54. The van der Waals surface area contributed by atoms with Crippen LogP contribution in [0.2, 0.25) is 0 Å². The molecular weight excluding hydrogens is 284 g/mol. The Hall–Kier alpha value is -1.97. The van der Waals surface area contributed by atoms with Crippen LogP contribution in [0, 0.1) is 11.3 Å². The molecule has 0 spiro atoms. The lowest BCUT2D eigenvalue weighted by Crippen LogP contribution is -2.36. The highest BCUT2D eigenvalue weighted by Crippen LogP contribution is 2.22. The minimum Gasteiger partial charge on any atom is -0.344 e. The molecule has 0 aliphatic rings. The summed E-state index contributed by atoms with van der Waals surface area (Å²) in [5.41, 5.74) is 1.00. The molecule has 21 heavy (non-hydrogen) atoms. The molecule has 5 nitrogen and oxygen atoms in total. The third-order valence-electron chi connectivity index (χ3n) is 3.13. The van der Waals surface area contributed by atoms with Crippen molar-refractivity contribution in [1.29, 1.82) is 5.26 Å². The molecular formula is C15H18N4OS. The smallest absolute Gasteiger partial charge is 0.236 e. The molecule has 0 bridgehead atoms. The number of likely N-dealkylation sites (N-methyl/N-ethyl adjacent to an activating group) is 2. The number of aromatic nitrogens is 1. The number of amides is 1. The topological polar surface area (TPSA) is 60.2 Å². The summed E-state index contributed by atoms with van der Waals surface area (Å²) in [6.07, 6.45) is 0.365. The molecule has 2 aromatic rings. The van der Waals surface area contributed by atoms with Gasteiger partial charge in [-0.2, -0.15) is 5.26 Å². The van der Waals surface area contributed by atoms with E-state index >= 15 is 0 Å². The molecule has 0 aliphatic carbocycles. The Kier molecular flexibility index (Phi) is 5.26. The zero-order valence-corrected chi connectivity index (χ0v) is 13.1. The molecule has 1 amide bonds. The predicted molar refractivity (Wildman–Crippen MR) is 83.8 cm³/mol. The molecule has 0 saturated heterocycles. The summed E-state index contributed by atoms with van der Waals surface area (Å²) in [6, 6.07) is 10.1. The highest BCUT2D eigenvalue weighted by Gasteiger charge is 2.13. The number of para-hydroxylation sites is 1. The Balaban J connectivity index is 1.90. The molecule has 0 aliphatic heterocycles. The van der Waals surface area contributed by atoms with Crippen LogP contribution in [0.25, 0.3) is 10.2 Å². The number of fused-ring (bicyclic) bond motifs is 1. The van der Waals surface area contributed by atoms with Crippen molar-refractivity contribution >= 4 is 27.5 Å². The molecule has 1 aromatic carbocycles. The maximum atomic E-state index is 12.0. The van der Waals surface area contributed by atoms with Gasteiger partial charge in [-0.15, -0.1) is 11.3 Å². The van der Waals surface area contributed by atoms with Crippen molar-refractivity contribution in [2.24, 2.45) is 0 Å². The Morgan fingerprint density at radius 2 is 2.14 bits per heavy atom. The van der Waals surface area contributed by atoms with Gasteiger partial charge in [0.1, 0.15) is 5.01 Å². The molecule has 110 valence electrons. The van der Waals surface area contributed by atoms with E-state index in [-0.39, 0.29) is 5.91 Å². The summed E-state index contributed by atoms with van der Waals surface area (Å²) in [6.45, 7) is 1.46. The van der Waals surface area contributed by atoms with Gasteiger partial charge in [0.25, 0.3) is 0 Å². The molecule has 0 atom stereocenters. The van der Waals surface area contributed by atoms with E-state index < -0.39 is 0 Å². The first-order chi connectivity index (χ1) is 10.1. The van der Waals surface area contributed by atoms with Crippen LogP contribution in [0.15, 0.2) is 24.3 Å². The first-order valence-electron chi connectivity index (χ1n) is 6.74. The van der Waals surface area contributed by atoms with E-state index in [0.717, 1.165) is 10.5 Å². The number of nitrogens with zero attached hydrogens (tertiary/aromatic N) is 4. The Labute approximate surface area is 128 Å². The number of nitriles is 1. The van der Waals surface area contributed by atoms with Crippen LogP contribution >= 0.6 is 11.3 Å². The molecule has 0 saturated carbocycles. The van der Waals surface area contributed by atoms with Gasteiger partial charge in [-0.25, -0.2) is 4.98 Å². The SMILES string of the molecule is CN(CC(=O)N(C)CCC#N)Cc1nc2ccccc2s1. The van der Waals surface area contributed by atoms with Crippen LogP contribution in [0.5, 0.6) is 0 Å². The molecule has 0 fully saturated rings. The highest BCUT2D eigenvalue weighted by molar-refractivity contribution is 7.18. The standard InChI is InChI=1S/C15H18N4OS/c1-18(11-15(20)19(2)9-5-8-16)10-14-17-12-6-3-4-7-13(12)21-14/h3-4,6-7H,5,9-11H2,1-2H3. The summed E-state index contributed by atoms with van der Waals surface area (Å²) < 4.78 is 1.17. The van der Waals surface area contributed by atoms with Crippen molar-refractivity contribution in [3.05, 3.63) is 29.3 Å². The Morgan fingerprint density at radius 1 is 1.38 bits per heavy atom. The molecule has 0 unspecified atom stereocenters. The normalized spacial score (nSPS) is 10.8. The lowest BCUT2D eigenvalue weighted by atomic mass is 10.3. The van der Waals surface area contributed by atoms with Crippen molar-refractivity contribution in [3.8, 4) is 6.07 Å². The second kappa shape index (κ2) is 7.16. The van der Waals surface area contributed by atoms with Crippen molar-refractivity contribution in [1.82, 2.24) is 14.8 Å². The fraction of sp³-hybridized carbons (Fsp3) is 0.400. The van der Waals surface area contributed by atoms with Gasteiger partial charge in [-0.3, -0.25) is 9.69 Å². The first-order valence-corrected chi connectivity index (χ1v) is 7.55. The third-order valence-corrected chi connectivity index (χ3v) is 4.15. The second-order valence-corrected chi connectivity index (χ2v) is 6.09. The molecule has 1 aromatic heterocycles. The summed E-state index contributed by atoms with van der Waals surface area (Å²) >= 11 is 1.65. The van der Waals surface area contributed by atoms with E-state index in [1.165, 1.54) is 4.70 Å². The number of hydrogen-bond donors (Lipinski definition) is 0. The molecule has 0 N–H and O–H groups in total. The van der Waals surface area contributed by atoms with Crippen molar-refractivity contribution in [3.63, 3.8) is 0 Å².